The second-order valence-electron chi connectivity index (χ2n) is 12.2. The van der Waals surface area contributed by atoms with Crippen LogP contribution in [0.15, 0.2) is 23.8 Å². The number of aliphatic hydroxyl groups is 1. The molecule has 0 saturated heterocycles. The highest BCUT2D eigenvalue weighted by Crippen LogP contribution is 2.66. The van der Waals surface area contributed by atoms with Crippen LogP contribution in [0.3, 0.4) is 0 Å². The van der Waals surface area contributed by atoms with Crippen molar-refractivity contribution in [2.45, 2.75) is 98.5 Å². The van der Waals surface area contributed by atoms with Gasteiger partial charge in [-0.2, -0.15) is 0 Å². The van der Waals surface area contributed by atoms with Gasteiger partial charge in [-0.25, -0.2) is 0 Å². The third-order valence-corrected chi connectivity index (χ3v) is 10.4. The van der Waals surface area contributed by atoms with Gasteiger partial charge < -0.3 is 5.11 Å². The molecule has 0 bridgehead atoms. The van der Waals surface area contributed by atoms with Gasteiger partial charge in [0.05, 0.1) is 6.10 Å². The van der Waals surface area contributed by atoms with Crippen LogP contribution in [-0.4, -0.2) is 17.0 Å². The van der Waals surface area contributed by atoms with E-state index in [1.165, 1.54) is 43.3 Å². The van der Waals surface area contributed by atoms with Crippen molar-refractivity contribution in [2.24, 2.45) is 46.3 Å². The molecule has 4 aliphatic rings. The van der Waals surface area contributed by atoms with E-state index >= 15 is 0 Å². The van der Waals surface area contributed by atoms with Gasteiger partial charge in [0, 0.05) is 5.92 Å². The van der Waals surface area contributed by atoms with Gasteiger partial charge in [0.25, 0.3) is 0 Å². The van der Waals surface area contributed by atoms with E-state index in [4.69, 9.17) is 0 Å². The third kappa shape index (κ3) is 3.46. The molecule has 2 nitrogen and oxygen atoms in total. The van der Waals surface area contributed by atoms with Crippen molar-refractivity contribution in [3.8, 4) is 0 Å². The summed E-state index contributed by atoms with van der Waals surface area (Å²) < 4.78 is 0. The summed E-state index contributed by atoms with van der Waals surface area (Å²) in [5.74, 6) is 3.67. The van der Waals surface area contributed by atoms with Gasteiger partial charge in [0.1, 0.15) is 0 Å². The van der Waals surface area contributed by atoms with E-state index in [2.05, 4.69) is 41.2 Å². The molecule has 0 heterocycles. The first kappa shape index (κ1) is 22.3. The van der Waals surface area contributed by atoms with E-state index in [0.717, 1.165) is 25.2 Å². The Kier molecular flexibility index (Phi) is 5.88. The topological polar surface area (TPSA) is 37.3 Å². The summed E-state index contributed by atoms with van der Waals surface area (Å²) in [7, 11) is 0. The summed E-state index contributed by atoms with van der Waals surface area (Å²) in [5.41, 5.74) is 3.09. The minimum atomic E-state index is -0.250. The zero-order valence-electron chi connectivity index (χ0n) is 20.0. The average molecular weight is 413 g/mol. The van der Waals surface area contributed by atoms with Gasteiger partial charge in [0.15, 0.2) is 5.78 Å². The fourth-order valence-electron chi connectivity index (χ4n) is 8.26. The molecule has 8 atom stereocenters. The van der Waals surface area contributed by atoms with E-state index in [-0.39, 0.29) is 17.4 Å². The Morgan fingerprint density at radius 1 is 1.13 bits per heavy atom. The van der Waals surface area contributed by atoms with Crippen molar-refractivity contribution in [1.82, 2.24) is 0 Å². The summed E-state index contributed by atoms with van der Waals surface area (Å²) in [5, 5.41) is 10.2. The average Bonchev–Trinajstić information content (AvgIpc) is 3.04. The van der Waals surface area contributed by atoms with Gasteiger partial charge in [-0.05, 0) is 104 Å². The molecule has 4 aliphatic carbocycles. The lowest BCUT2D eigenvalue weighted by Gasteiger charge is -2.57. The molecule has 0 aromatic carbocycles. The Hall–Kier alpha value is -0.890. The molecular weight excluding hydrogens is 368 g/mol. The maximum atomic E-state index is 13.4. The van der Waals surface area contributed by atoms with Crippen molar-refractivity contribution in [3.05, 3.63) is 23.8 Å². The maximum absolute atomic E-state index is 13.4. The van der Waals surface area contributed by atoms with Crippen LogP contribution in [-0.2, 0) is 4.79 Å². The van der Waals surface area contributed by atoms with Crippen LogP contribution in [0.5, 0.6) is 0 Å². The molecule has 0 spiro atoms. The number of rotatable bonds is 5. The molecule has 0 unspecified atom stereocenters. The van der Waals surface area contributed by atoms with Gasteiger partial charge >= 0.3 is 0 Å². The zero-order valence-corrected chi connectivity index (χ0v) is 20.0. The summed E-state index contributed by atoms with van der Waals surface area (Å²) in [6.45, 7) is 16.2. The first-order valence-electron chi connectivity index (χ1n) is 12.7. The quantitative estimate of drug-likeness (QED) is 0.508. The molecule has 2 heteroatoms. The molecule has 3 saturated carbocycles. The predicted molar refractivity (Wildman–Crippen MR) is 124 cm³/mol. The lowest BCUT2D eigenvalue weighted by atomic mass is 9.46. The number of carbonyl (C=O) groups excluding carboxylic acids is 1. The SMILES string of the molecule is C=C(CC[C@@H](C)[C@H]1CC[C@H]2[C@@H]3C(=O)C=C4C[C@@H](O)CC[C@]4(C)[C@H]3CC[C@]12C)C(C)C. The van der Waals surface area contributed by atoms with Crippen molar-refractivity contribution < 1.29 is 9.90 Å². The molecule has 1 N–H and O–H groups in total. The lowest BCUT2D eigenvalue weighted by Crippen LogP contribution is -2.53. The van der Waals surface area contributed by atoms with Gasteiger partial charge in [0.2, 0.25) is 0 Å². The fourth-order valence-corrected chi connectivity index (χ4v) is 8.26. The summed E-state index contributed by atoms with van der Waals surface area (Å²) in [6.07, 6.45) is 11.8. The largest absolute Gasteiger partial charge is 0.393 e. The molecule has 0 radical (unpaired) electrons. The van der Waals surface area contributed by atoms with Crippen molar-refractivity contribution >= 4 is 5.78 Å². The number of aliphatic hydroxyl groups excluding tert-OH is 1. The smallest absolute Gasteiger partial charge is 0.159 e. The van der Waals surface area contributed by atoms with E-state index in [0.29, 0.717) is 41.3 Å². The molecule has 4 rings (SSSR count). The molecule has 0 aromatic heterocycles. The normalized spacial score (nSPS) is 44.2. The Morgan fingerprint density at radius 3 is 2.57 bits per heavy atom. The fraction of sp³-hybridized carbons (Fsp3) is 0.821. The van der Waals surface area contributed by atoms with Crippen LogP contribution in [0.2, 0.25) is 0 Å². The number of fused-ring (bicyclic) bond motifs is 5. The number of hydrogen-bond donors (Lipinski definition) is 1. The molecule has 3 fully saturated rings. The van der Waals surface area contributed by atoms with E-state index in [9.17, 15) is 9.90 Å². The van der Waals surface area contributed by atoms with Crippen molar-refractivity contribution in [1.29, 1.82) is 0 Å². The maximum Gasteiger partial charge on any atom is 0.159 e. The van der Waals surface area contributed by atoms with Gasteiger partial charge in [-0.15, -0.1) is 0 Å². The van der Waals surface area contributed by atoms with Gasteiger partial charge in [-0.1, -0.05) is 52.3 Å². The second kappa shape index (κ2) is 7.91. The number of carbonyl (C=O) groups is 1. The Bertz CT molecular complexity index is 733. The first-order chi connectivity index (χ1) is 14.1. The summed E-state index contributed by atoms with van der Waals surface area (Å²) in [6, 6.07) is 0. The zero-order chi connectivity index (χ0) is 21.8. The highest BCUT2D eigenvalue weighted by molar-refractivity contribution is 5.94. The van der Waals surface area contributed by atoms with E-state index < -0.39 is 0 Å². The van der Waals surface area contributed by atoms with Crippen LogP contribution in [0.4, 0.5) is 0 Å². The van der Waals surface area contributed by atoms with E-state index in [1.807, 2.05) is 6.08 Å². The highest BCUT2D eigenvalue weighted by Gasteiger charge is 2.61. The predicted octanol–water partition coefficient (Wildman–Crippen LogP) is 6.73. The minimum absolute atomic E-state index is 0.137. The molecule has 0 amide bonds. The monoisotopic (exact) mass is 412 g/mol. The highest BCUT2D eigenvalue weighted by atomic mass is 16.3. The molecule has 0 aliphatic heterocycles. The first-order valence-corrected chi connectivity index (χ1v) is 12.7. The Balaban J connectivity index is 1.54. The van der Waals surface area contributed by atoms with Crippen LogP contribution in [0.1, 0.15) is 92.4 Å². The number of hydrogen-bond acceptors (Lipinski definition) is 2. The number of ketones is 1. The van der Waals surface area contributed by atoms with Crippen LogP contribution < -0.4 is 0 Å². The third-order valence-electron chi connectivity index (χ3n) is 10.4. The molecule has 0 aromatic rings. The molecular formula is C28H44O2. The Morgan fingerprint density at radius 2 is 1.87 bits per heavy atom. The molecule has 30 heavy (non-hydrogen) atoms. The van der Waals surface area contributed by atoms with Crippen molar-refractivity contribution in [3.63, 3.8) is 0 Å². The van der Waals surface area contributed by atoms with Crippen LogP contribution in [0.25, 0.3) is 0 Å². The minimum Gasteiger partial charge on any atom is -0.393 e. The van der Waals surface area contributed by atoms with Gasteiger partial charge in [-0.3, -0.25) is 4.79 Å². The van der Waals surface area contributed by atoms with Crippen LogP contribution in [0, 0.1) is 46.3 Å². The number of allylic oxidation sites excluding steroid dienone is 2. The Labute approximate surface area is 184 Å². The summed E-state index contributed by atoms with van der Waals surface area (Å²) in [4.78, 5) is 13.4. The van der Waals surface area contributed by atoms with Crippen LogP contribution >= 0.6 is 0 Å². The molecule has 168 valence electrons. The lowest BCUT2D eigenvalue weighted by molar-refractivity contribution is -0.135. The second-order valence-corrected chi connectivity index (χ2v) is 12.2. The van der Waals surface area contributed by atoms with Crippen molar-refractivity contribution in [2.75, 3.05) is 0 Å². The standard InChI is InChI=1S/C28H44O2/c1-17(2)18(3)7-8-19(4)22-9-10-23-26-24(12-14-28(22,23)6)27(5)13-11-21(29)15-20(27)16-25(26)30/h16-17,19,21-24,26,29H,3,7-15H2,1-2,4-6H3/t19-,21+,22-,23+,24+,26+,27+,28-/m1/s1. The summed E-state index contributed by atoms with van der Waals surface area (Å²) >= 11 is 0. The van der Waals surface area contributed by atoms with E-state index in [1.54, 1.807) is 0 Å².